The first-order valence-electron chi connectivity index (χ1n) is 11.9. The molecule has 0 aliphatic rings. The van der Waals surface area contributed by atoms with Crippen LogP contribution in [0.1, 0.15) is 30.3 Å². The number of H-pyrrole nitrogens is 1. The Kier molecular flexibility index (Phi) is 9.76. The minimum absolute atomic E-state index is 0. The maximum Gasteiger partial charge on any atom is 0.420 e. The van der Waals surface area contributed by atoms with Crippen molar-refractivity contribution in [3.63, 3.8) is 0 Å². The Balaban J connectivity index is 0.00000420. The number of nitrogen functional groups attached to an aromatic ring is 1. The molecule has 13 heteroatoms. The zero-order chi connectivity index (χ0) is 27.1. The number of aryl methyl sites for hydroxylation is 1. The third-order valence-electron chi connectivity index (χ3n) is 5.61. The molecule has 39 heavy (non-hydrogen) atoms. The van der Waals surface area contributed by atoms with Crippen molar-refractivity contribution in [3.8, 4) is 5.75 Å². The van der Waals surface area contributed by atoms with Crippen molar-refractivity contribution >= 4 is 53.0 Å². The first-order chi connectivity index (χ1) is 18.4. The second kappa shape index (κ2) is 13.2. The fraction of sp³-hybridized carbons (Fsp3) is 0.231. The molecule has 3 heterocycles. The number of nitrogens with two attached hydrogens (primary N) is 1. The van der Waals surface area contributed by atoms with Crippen LogP contribution in [0.2, 0.25) is 0 Å². The van der Waals surface area contributed by atoms with Crippen molar-refractivity contribution in [2.45, 2.75) is 26.8 Å². The second-order valence-electron chi connectivity index (χ2n) is 8.23. The molecule has 0 aliphatic heterocycles. The number of nitrogens with zero attached hydrogens (tertiary/aromatic N) is 4. The molecule has 4 rings (SSSR count). The van der Waals surface area contributed by atoms with E-state index in [9.17, 15) is 9.59 Å². The maximum absolute atomic E-state index is 13.1. The Morgan fingerprint density at radius 1 is 1.15 bits per heavy atom. The molecule has 0 unspecified atom stereocenters. The molecule has 12 nitrogen and oxygen atoms in total. The van der Waals surface area contributed by atoms with Gasteiger partial charge >= 0.3 is 12.1 Å². The molecule has 4 aromatic rings. The number of hydrogen-bond acceptors (Lipinski definition) is 9. The lowest BCUT2D eigenvalue weighted by atomic mass is 10.2. The highest BCUT2D eigenvalue weighted by atomic mass is 35.5. The summed E-state index contributed by atoms with van der Waals surface area (Å²) in [6.07, 6.45) is 2.41. The van der Waals surface area contributed by atoms with E-state index < -0.39 is 12.1 Å². The molecule has 0 saturated heterocycles. The monoisotopic (exact) mass is 552 g/mol. The number of fused-ring (bicyclic) bond motifs is 1. The lowest BCUT2D eigenvalue weighted by molar-refractivity contribution is -0.142. The van der Waals surface area contributed by atoms with Crippen LogP contribution in [0.5, 0.6) is 5.75 Å². The summed E-state index contributed by atoms with van der Waals surface area (Å²) >= 11 is 0. The Morgan fingerprint density at radius 3 is 2.64 bits per heavy atom. The number of benzene rings is 1. The molecule has 0 atom stereocenters. The van der Waals surface area contributed by atoms with E-state index in [2.05, 4.69) is 25.3 Å². The Hall–Kier alpha value is -4.71. The van der Waals surface area contributed by atoms with Crippen LogP contribution in [-0.2, 0) is 16.1 Å². The highest BCUT2D eigenvalue weighted by Crippen LogP contribution is 2.27. The van der Waals surface area contributed by atoms with Gasteiger partial charge in [-0.15, -0.1) is 12.4 Å². The van der Waals surface area contributed by atoms with Gasteiger partial charge in [0.05, 0.1) is 30.6 Å². The molecule has 0 saturated carbocycles. The summed E-state index contributed by atoms with van der Waals surface area (Å²) < 4.78 is 10.7. The Labute approximate surface area is 230 Å². The number of esters is 1. The smallest absolute Gasteiger partial charge is 0.420 e. The highest BCUT2D eigenvalue weighted by molar-refractivity contribution is 5.94. The van der Waals surface area contributed by atoms with Gasteiger partial charge in [-0.2, -0.15) is 0 Å². The van der Waals surface area contributed by atoms with Gasteiger partial charge in [-0.05, 0) is 50.2 Å². The molecule has 1 amide bonds. The fourth-order valence-electron chi connectivity index (χ4n) is 3.67. The molecule has 3 aromatic heterocycles. The van der Waals surface area contributed by atoms with Crippen molar-refractivity contribution in [1.82, 2.24) is 19.9 Å². The summed E-state index contributed by atoms with van der Waals surface area (Å²) in [5.74, 6) is 1.51. The summed E-state index contributed by atoms with van der Waals surface area (Å²) in [6.45, 7) is 4.22. The van der Waals surface area contributed by atoms with Gasteiger partial charge in [0, 0.05) is 30.1 Å². The molecule has 5 N–H and O–H groups in total. The summed E-state index contributed by atoms with van der Waals surface area (Å²) in [5, 5.41) is 10.6. The van der Waals surface area contributed by atoms with Crippen LogP contribution >= 0.6 is 12.4 Å². The van der Waals surface area contributed by atoms with Crippen molar-refractivity contribution in [3.05, 3.63) is 71.8 Å². The number of carbonyl (C=O) groups excluding carboxylic acids is 2. The van der Waals surface area contributed by atoms with E-state index in [0.29, 0.717) is 46.4 Å². The number of hydrogen-bond donors (Lipinski definition) is 4. The number of rotatable bonds is 10. The first-order valence-corrected chi connectivity index (χ1v) is 11.9. The zero-order valence-corrected chi connectivity index (χ0v) is 22.2. The number of nitrogens with one attached hydrogen (secondary N) is 3. The number of pyridine rings is 2. The molecule has 1 aromatic carbocycles. The van der Waals surface area contributed by atoms with Gasteiger partial charge in [0.25, 0.3) is 0 Å². The van der Waals surface area contributed by atoms with Gasteiger partial charge in [-0.25, -0.2) is 19.7 Å². The van der Waals surface area contributed by atoms with E-state index in [1.54, 1.807) is 55.6 Å². The second-order valence-corrected chi connectivity index (χ2v) is 8.23. The number of ether oxygens (including phenoxy) is 2. The van der Waals surface area contributed by atoms with Crippen LogP contribution in [-0.4, -0.2) is 51.0 Å². The number of imidazole rings is 1. The van der Waals surface area contributed by atoms with Crippen molar-refractivity contribution < 1.29 is 19.1 Å². The van der Waals surface area contributed by atoms with E-state index in [-0.39, 0.29) is 37.8 Å². The molecule has 0 bridgehead atoms. The van der Waals surface area contributed by atoms with Crippen LogP contribution in [0.3, 0.4) is 0 Å². The molecule has 0 fully saturated rings. The van der Waals surface area contributed by atoms with Crippen LogP contribution in [0.15, 0.2) is 54.9 Å². The number of anilines is 2. The predicted octanol–water partition coefficient (Wildman–Crippen LogP) is 3.94. The minimum Gasteiger partial charge on any atom is -0.466 e. The van der Waals surface area contributed by atoms with Crippen LogP contribution in [0.25, 0.3) is 11.0 Å². The number of aromatic nitrogens is 4. The lowest BCUT2D eigenvalue weighted by Crippen LogP contribution is -2.36. The third-order valence-corrected chi connectivity index (χ3v) is 5.61. The van der Waals surface area contributed by atoms with Crippen LogP contribution in [0.4, 0.5) is 16.4 Å². The van der Waals surface area contributed by atoms with Crippen molar-refractivity contribution in [2.75, 3.05) is 23.4 Å². The molecule has 204 valence electrons. The number of halogens is 1. The van der Waals surface area contributed by atoms with Gasteiger partial charge in [0.2, 0.25) is 0 Å². The van der Waals surface area contributed by atoms with Crippen LogP contribution < -0.4 is 20.7 Å². The maximum atomic E-state index is 13.1. The normalized spacial score (nSPS) is 10.4. The molecule has 0 spiro atoms. The summed E-state index contributed by atoms with van der Waals surface area (Å²) in [4.78, 5) is 42.7. The van der Waals surface area contributed by atoms with Gasteiger partial charge in [0.1, 0.15) is 29.0 Å². The number of amides is 1. The quantitative estimate of drug-likeness (QED) is 0.129. The first kappa shape index (κ1) is 28.9. The summed E-state index contributed by atoms with van der Waals surface area (Å²) in [7, 11) is 0. The zero-order valence-electron chi connectivity index (χ0n) is 21.4. The predicted molar refractivity (Wildman–Crippen MR) is 150 cm³/mol. The average molecular weight is 553 g/mol. The topological polar surface area (TPSA) is 172 Å². The Bertz CT molecular complexity index is 1440. The molecule has 0 aliphatic carbocycles. The van der Waals surface area contributed by atoms with E-state index in [4.69, 9.17) is 20.6 Å². The molecular formula is C26H29ClN8O4. The molecular weight excluding hydrogens is 524 g/mol. The van der Waals surface area contributed by atoms with Gasteiger partial charge in [0.15, 0.2) is 0 Å². The number of carbonyl (C=O) groups is 2. The van der Waals surface area contributed by atoms with Crippen molar-refractivity contribution in [2.24, 2.45) is 5.73 Å². The van der Waals surface area contributed by atoms with E-state index in [0.717, 1.165) is 5.52 Å². The molecule has 0 radical (unpaired) electrons. The third kappa shape index (κ3) is 7.20. The Morgan fingerprint density at radius 2 is 1.97 bits per heavy atom. The standard InChI is InChI=1S/C26H28N8O4.ClH/c1-3-37-23(35)11-13-34(22-6-4-5-12-29-22)26(36)38-19-9-8-18-24(16(19)2)33-21(32-18)15-31-20-10-7-17(14-30-20)25(27)28;/h4-10,12,14H,3,11,13,15H2,1-2H3,(H3,27,28)(H,30,31)(H,32,33);1H. The van der Waals surface area contributed by atoms with Gasteiger partial charge in [-0.1, -0.05) is 6.07 Å². The van der Waals surface area contributed by atoms with E-state index in [1.165, 1.54) is 11.1 Å². The van der Waals surface area contributed by atoms with Crippen molar-refractivity contribution in [1.29, 1.82) is 5.41 Å². The SMILES string of the molecule is CCOC(=O)CCN(C(=O)Oc1ccc2[nH]c(CNc3ccc(C(=N)N)cn3)nc2c1C)c1ccccn1.Cl. The number of amidine groups is 1. The van der Waals surface area contributed by atoms with Gasteiger partial charge in [-0.3, -0.25) is 15.1 Å². The van der Waals surface area contributed by atoms with E-state index >= 15 is 0 Å². The minimum atomic E-state index is -0.673. The van der Waals surface area contributed by atoms with Crippen LogP contribution in [0, 0.1) is 12.3 Å². The lowest BCUT2D eigenvalue weighted by Gasteiger charge is -2.21. The number of aromatic amines is 1. The van der Waals surface area contributed by atoms with E-state index in [1.807, 2.05) is 6.92 Å². The largest absolute Gasteiger partial charge is 0.466 e. The highest BCUT2D eigenvalue weighted by Gasteiger charge is 2.22. The summed E-state index contributed by atoms with van der Waals surface area (Å²) in [6, 6.07) is 12.1. The fourth-order valence-corrected chi connectivity index (χ4v) is 3.67. The summed E-state index contributed by atoms with van der Waals surface area (Å²) in [5.41, 5.74) is 8.12. The average Bonchev–Trinajstić information content (AvgIpc) is 3.34. The van der Waals surface area contributed by atoms with Gasteiger partial charge < -0.3 is 25.5 Å².